The van der Waals surface area contributed by atoms with E-state index in [9.17, 15) is 17.6 Å². The maximum absolute atomic E-state index is 13.2. The van der Waals surface area contributed by atoms with E-state index in [0.29, 0.717) is 31.7 Å². The molecule has 2 aliphatic rings. The molecule has 3 rings (SSSR count). The van der Waals surface area contributed by atoms with Gasteiger partial charge in [-0.05, 0) is 30.5 Å². The average molecular weight is 517 g/mol. The fourth-order valence-corrected chi connectivity index (χ4v) is 3.46. The molecule has 0 bridgehead atoms. The third-order valence-electron chi connectivity index (χ3n) is 4.80. The van der Waals surface area contributed by atoms with Crippen LogP contribution in [0.5, 0.6) is 0 Å². The molecule has 2 fully saturated rings. The SMILES string of the molecule is CN=C(NCc1ccc(F)cc1C(F)(F)F)N1CCOC(C2CCCO2)C1.I. The highest BCUT2D eigenvalue weighted by atomic mass is 127. The molecule has 2 heterocycles. The van der Waals surface area contributed by atoms with Crippen LogP contribution in [-0.4, -0.2) is 56.4 Å². The van der Waals surface area contributed by atoms with Crippen molar-refractivity contribution in [1.82, 2.24) is 10.2 Å². The van der Waals surface area contributed by atoms with Crippen molar-refractivity contribution >= 4 is 29.9 Å². The van der Waals surface area contributed by atoms with Gasteiger partial charge in [0.25, 0.3) is 0 Å². The van der Waals surface area contributed by atoms with Crippen LogP contribution >= 0.6 is 24.0 Å². The Morgan fingerprint density at radius 1 is 1.25 bits per heavy atom. The average Bonchev–Trinajstić information content (AvgIpc) is 3.17. The zero-order valence-electron chi connectivity index (χ0n) is 15.5. The summed E-state index contributed by atoms with van der Waals surface area (Å²) >= 11 is 0. The summed E-state index contributed by atoms with van der Waals surface area (Å²) in [5.74, 6) is -0.429. The molecule has 28 heavy (non-hydrogen) atoms. The summed E-state index contributed by atoms with van der Waals surface area (Å²) in [6.45, 7) is 2.25. The molecule has 2 atom stereocenters. The molecule has 0 spiro atoms. The zero-order valence-corrected chi connectivity index (χ0v) is 17.8. The topological polar surface area (TPSA) is 46.1 Å². The van der Waals surface area contributed by atoms with Gasteiger partial charge >= 0.3 is 6.18 Å². The second-order valence-corrected chi connectivity index (χ2v) is 6.61. The minimum absolute atomic E-state index is 0. The Balaban J connectivity index is 0.00000280. The molecule has 1 aromatic rings. The van der Waals surface area contributed by atoms with Crippen molar-refractivity contribution in [1.29, 1.82) is 0 Å². The van der Waals surface area contributed by atoms with E-state index >= 15 is 0 Å². The highest BCUT2D eigenvalue weighted by molar-refractivity contribution is 14.0. The molecular formula is C18H24F4IN3O2. The monoisotopic (exact) mass is 517 g/mol. The maximum Gasteiger partial charge on any atom is 0.416 e. The van der Waals surface area contributed by atoms with E-state index in [1.165, 1.54) is 0 Å². The molecular weight excluding hydrogens is 493 g/mol. The van der Waals surface area contributed by atoms with Gasteiger partial charge in [0, 0.05) is 33.3 Å². The van der Waals surface area contributed by atoms with Crippen LogP contribution in [0.4, 0.5) is 17.6 Å². The summed E-state index contributed by atoms with van der Waals surface area (Å²) in [4.78, 5) is 6.13. The molecule has 2 saturated heterocycles. The molecule has 0 aliphatic carbocycles. The van der Waals surface area contributed by atoms with Crippen molar-refractivity contribution in [3.05, 3.63) is 35.1 Å². The van der Waals surface area contributed by atoms with Crippen molar-refractivity contribution in [2.24, 2.45) is 4.99 Å². The van der Waals surface area contributed by atoms with Crippen molar-refractivity contribution in [2.45, 2.75) is 37.8 Å². The van der Waals surface area contributed by atoms with Gasteiger partial charge in [-0.3, -0.25) is 4.99 Å². The molecule has 10 heteroatoms. The van der Waals surface area contributed by atoms with Crippen molar-refractivity contribution in [3.63, 3.8) is 0 Å². The molecule has 0 amide bonds. The molecule has 5 nitrogen and oxygen atoms in total. The van der Waals surface area contributed by atoms with E-state index in [1.807, 2.05) is 4.90 Å². The van der Waals surface area contributed by atoms with Gasteiger partial charge in [0.1, 0.15) is 11.9 Å². The third-order valence-corrected chi connectivity index (χ3v) is 4.80. The Kier molecular flexibility index (Phi) is 8.31. The van der Waals surface area contributed by atoms with E-state index in [4.69, 9.17) is 9.47 Å². The van der Waals surface area contributed by atoms with Gasteiger partial charge in [-0.25, -0.2) is 4.39 Å². The van der Waals surface area contributed by atoms with Crippen LogP contribution in [0.3, 0.4) is 0 Å². The fourth-order valence-electron chi connectivity index (χ4n) is 3.46. The molecule has 158 valence electrons. The van der Waals surface area contributed by atoms with Gasteiger partial charge in [0.05, 0.1) is 18.3 Å². The van der Waals surface area contributed by atoms with Crippen molar-refractivity contribution in [3.8, 4) is 0 Å². The summed E-state index contributed by atoms with van der Waals surface area (Å²) in [7, 11) is 1.58. The normalized spacial score (nSPS) is 23.5. The number of alkyl halides is 3. The molecule has 0 radical (unpaired) electrons. The lowest BCUT2D eigenvalue weighted by Crippen LogP contribution is -2.53. The second kappa shape index (κ2) is 10.1. The first-order chi connectivity index (χ1) is 12.9. The number of hydrogen-bond donors (Lipinski definition) is 1. The van der Waals surface area contributed by atoms with Gasteiger partial charge in [0.2, 0.25) is 0 Å². The van der Waals surface area contributed by atoms with Crippen LogP contribution in [0.25, 0.3) is 0 Å². The molecule has 1 N–H and O–H groups in total. The summed E-state index contributed by atoms with van der Waals surface area (Å²) < 4.78 is 64.2. The molecule has 2 aliphatic heterocycles. The van der Waals surface area contributed by atoms with Gasteiger partial charge < -0.3 is 19.7 Å². The first kappa shape index (κ1) is 23.1. The van der Waals surface area contributed by atoms with Crippen LogP contribution in [-0.2, 0) is 22.2 Å². The van der Waals surface area contributed by atoms with Gasteiger partial charge in [-0.2, -0.15) is 13.2 Å². The number of guanidine groups is 1. The number of ether oxygens (including phenoxy) is 2. The van der Waals surface area contributed by atoms with Gasteiger partial charge in [0.15, 0.2) is 5.96 Å². The summed E-state index contributed by atoms with van der Waals surface area (Å²) in [6, 6.07) is 2.69. The Hall–Kier alpha value is -1.14. The standard InChI is InChI=1S/C18H23F4N3O2.HI/c1-23-17(25-6-8-27-16(11-25)15-3-2-7-26-15)24-10-12-4-5-13(19)9-14(12)18(20,21)22;/h4-5,9,15-16H,2-3,6-8,10-11H2,1H3,(H,23,24);1H. The van der Waals surface area contributed by atoms with E-state index in [-0.39, 0.29) is 48.3 Å². The molecule has 0 aromatic heterocycles. The summed E-state index contributed by atoms with van der Waals surface area (Å²) in [5, 5.41) is 2.96. The first-order valence-corrected chi connectivity index (χ1v) is 8.93. The van der Waals surface area contributed by atoms with Crippen LogP contribution in [0.1, 0.15) is 24.0 Å². The van der Waals surface area contributed by atoms with Gasteiger partial charge in [-0.15, -0.1) is 24.0 Å². The largest absolute Gasteiger partial charge is 0.416 e. The number of hydrogen-bond acceptors (Lipinski definition) is 3. The van der Waals surface area contributed by atoms with Crippen LogP contribution in [0.2, 0.25) is 0 Å². The number of aliphatic imine (C=N–C) groups is 1. The molecule has 2 unspecified atom stereocenters. The predicted molar refractivity (Wildman–Crippen MR) is 107 cm³/mol. The van der Waals surface area contributed by atoms with E-state index < -0.39 is 17.6 Å². The highest BCUT2D eigenvalue weighted by Crippen LogP contribution is 2.32. The second-order valence-electron chi connectivity index (χ2n) is 6.61. The number of morpholine rings is 1. The number of rotatable bonds is 3. The minimum Gasteiger partial charge on any atom is -0.375 e. The zero-order chi connectivity index (χ0) is 19.4. The lowest BCUT2D eigenvalue weighted by atomic mass is 10.1. The Morgan fingerprint density at radius 3 is 2.64 bits per heavy atom. The summed E-state index contributed by atoms with van der Waals surface area (Å²) in [5.41, 5.74) is -1.02. The van der Waals surface area contributed by atoms with Crippen LogP contribution in [0.15, 0.2) is 23.2 Å². The highest BCUT2D eigenvalue weighted by Gasteiger charge is 2.34. The first-order valence-electron chi connectivity index (χ1n) is 8.93. The Morgan fingerprint density at radius 2 is 2.00 bits per heavy atom. The van der Waals surface area contributed by atoms with Crippen LogP contribution in [0, 0.1) is 5.82 Å². The summed E-state index contributed by atoms with van der Waals surface area (Å²) in [6.07, 6.45) is -2.72. The van der Waals surface area contributed by atoms with Gasteiger partial charge in [-0.1, -0.05) is 6.07 Å². The molecule has 1 aromatic carbocycles. The Bertz CT molecular complexity index is 681. The van der Waals surface area contributed by atoms with E-state index in [0.717, 1.165) is 31.6 Å². The van der Waals surface area contributed by atoms with Crippen molar-refractivity contribution < 1.29 is 27.0 Å². The number of nitrogens with zero attached hydrogens (tertiary/aromatic N) is 2. The molecule has 0 saturated carbocycles. The number of nitrogens with one attached hydrogen (secondary N) is 1. The van der Waals surface area contributed by atoms with E-state index in [1.54, 1.807) is 7.05 Å². The smallest absolute Gasteiger partial charge is 0.375 e. The lowest BCUT2D eigenvalue weighted by molar-refractivity contribution is -0.138. The van der Waals surface area contributed by atoms with Crippen molar-refractivity contribution in [2.75, 3.05) is 33.4 Å². The fraction of sp³-hybridized carbons (Fsp3) is 0.611. The predicted octanol–water partition coefficient (Wildman–Crippen LogP) is 3.42. The minimum atomic E-state index is -4.62. The Labute approximate surface area is 178 Å². The number of benzene rings is 1. The van der Waals surface area contributed by atoms with E-state index in [2.05, 4.69) is 10.3 Å². The number of halogens is 5. The maximum atomic E-state index is 13.2. The quantitative estimate of drug-likeness (QED) is 0.289. The van der Waals surface area contributed by atoms with Crippen LogP contribution < -0.4 is 5.32 Å². The third kappa shape index (κ3) is 5.69. The lowest BCUT2D eigenvalue weighted by Gasteiger charge is -2.37.